The molecule has 5 heterocycles. The fourth-order valence-corrected chi connectivity index (χ4v) is 5.63. The van der Waals surface area contributed by atoms with Crippen molar-refractivity contribution >= 4 is 5.91 Å². The summed E-state index contributed by atoms with van der Waals surface area (Å²) in [4.78, 5) is 18.0. The Morgan fingerprint density at radius 3 is 2.82 bits per heavy atom. The fourth-order valence-electron chi connectivity index (χ4n) is 5.63. The average Bonchev–Trinajstić information content (AvgIpc) is 3.35. The molecule has 2 bridgehead atoms. The molecular weight excluding hydrogens is 354 g/mol. The smallest absolute Gasteiger partial charge is 0.276 e. The Hall–Kier alpha value is -2.34. The van der Waals surface area contributed by atoms with Gasteiger partial charge in [0.05, 0.1) is 6.04 Å². The van der Waals surface area contributed by atoms with Gasteiger partial charge in [-0.1, -0.05) is 24.2 Å². The van der Waals surface area contributed by atoms with Crippen LogP contribution in [-0.4, -0.2) is 57.7 Å². The van der Waals surface area contributed by atoms with Crippen molar-refractivity contribution in [3.8, 4) is 5.75 Å². The minimum absolute atomic E-state index is 0.0162. The molecule has 4 fully saturated rings. The molecule has 1 N–H and O–H groups in total. The van der Waals surface area contributed by atoms with E-state index >= 15 is 0 Å². The average molecular weight is 381 g/mol. The maximum Gasteiger partial charge on any atom is 0.276 e. The second kappa shape index (κ2) is 6.92. The molecule has 6 rings (SSSR count). The van der Waals surface area contributed by atoms with E-state index in [-0.39, 0.29) is 23.6 Å². The topological polar surface area (TPSA) is 69.8 Å². The van der Waals surface area contributed by atoms with Crippen LogP contribution in [0, 0.1) is 5.92 Å². The van der Waals surface area contributed by atoms with Crippen LogP contribution in [0.1, 0.15) is 53.9 Å². The van der Waals surface area contributed by atoms with E-state index in [4.69, 9.17) is 4.52 Å². The van der Waals surface area contributed by atoms with Gasteiger partial charge in [0.15, 0.2) is 5.69 Å². The minimum atomic E-state index is -0.0162. The maximum atomic E-state index is 13.4. The van der Waals surface area contributed by atoms with Gasteiger partial charge in [-0.05, 0) is 56.0 Å². The van der Waals surface area contributed by atoms with Gasteiger partial charge in [0, 0.05) is 31.0 Å². The van der Waals surface area contributed by atoms with E-state index in [1.54, 1.807) is 6.07 Å². The van der Waals surface area contributed by atoms with Gasteiger partial charge >= 0.3 is 0 Å². The largest absolute Gasteiger partial charge is 0.508 e. The SMILES string of the molecule is CCCc1cc(C(=O)N2C[C@H](c3cccc(O)c3)[C@H]3[C@@H]2C2CCN3CC2)no1. The third-order valence-corrected chi connectivity index (χ3v) is 6.83. The van der Waals surface area contributed by atoms with Gasteiger partial charge in [0.2, 0.25) is 0 Å². The molecule has 148 valence electrons. The van der Waals surface area contributed by atoms with Gasteiger partial charge < -0.3 is 14.5 Å². The van der Waals surface area contributed by atoms with Crippen LogP contribution in [0.2, 0.25) is 0 Å². The van der Waals surface area contributed by atoms with Crippen LogP contribution in [0.25, 0.3) is 0 Å². The normalized spacial score (nSPS) is 31.2. The molecule has 1 aromatic carbocycles. The summed E-state index contributed by atoms with van der Waals surface area (Å²) in [6.45, 7) is 4.96. The first kappa shape index (κ1) is 17.7. The molecule has 4 aliphatic heterocycles. The molecule has 0 aliphatic carbocycles. The zero-order valence-electron chi connectivity index (χ0n) is 16.3. The summed E-state index contributed by atoms with van der Waals surface area (Å²) in [6.07, 6.45) is 4.07. The van der Waals surface area contributed by atoms with E-state index in [1.165, 1.54) is 0 Å². The molecular formula is C22H27N3O3. The van der Waals surface area contributed by atoms with Gasteiger partial charge in [-0.3, -0.25) is 9.69 Å². The molecule has 4 saturated heterocycles. The highest BCUT2D eigenvalue weighted by Gasteiger charge is 2.55. The van der Waals surface area contributed by atoms with Crippen molar-refractivity contribution in [1.82, 2.24) is 15.0 Å². The van der Waals surface area contributed by atoms with Crippen molar-refractivity contribution in [3.05, 3.63) is 47.3 Å². The summed E-state index contributed by atoms with van der Waals surface area (Å²) in [5.74, 6) is 1.81. The van der Waals surface area contributed by atoms with Gasteiger partial charge in [0.1, 0.15) is 11.5 Å². The summed E-state index contributed by atoms with van der Waals surface area (Å²) in [5, 5.41) is 14.1. The van der Waals surface area contributed by atoms with Crippen LogP contribution in [0.4, 0.5) is 0 Å². The molecule has 3 atom stereocenters. The van der Waals surface area contributed by atoms with Gasteiger partial charge in [0.25, 0.3) is 5.91 Å². The Labute approximate surface area is 165 Å². The zero-order chi connectivity index (χ0) is 19.3. The molecule has 4 aliphatic rings. The fraction of sp³-hybridized carbons (Fsp3) is 0.545. The third-order valence-electron chi connectivity index (χ3n) is 6.83. The Morgan fingerprint density at radius 2 is 2.07 bits per heavy atom. The quantitative estimate of drug-likeness (QED) is 0.882. The molecule has 2 aromatic rings. The van der Waals surface area contributed by atoms with Crippen molar-refractivity contribution in [3.63, 3.8) is 0 Å². The number of nitrogens with zero attached hydrogens (tertiary/aromatic N) is 3. The highest BCUT2D eigenvalue weighted by Crippen LogP contribution is 2.47. The zero-order valence-corrected chi connectivity index (χ0v) is 16.3. The van der Waals surface area contributed by atoms with E-state index < -0.39 is 0 Å². The number of aryl methyl sites for hydroxylation is 1. The summed E-state index contributed by atoms with van der Waals surface area (Å²) in [7, 11) is 0. The molecule has 1 aromatic heterocycles. The van der Waals surface area contributed by atoms with Crippen LogP contribution in [0.5, 0.6) is 5.75 Å². The highest BCUT2D eigenvalue weighted by atomic mass is 16.5. The Morgan fingerprint density at radius 1 is 1.25 bits per heavy atom. The van der Waals surface area contributed by atoms with Crippen molar-refractivity contribution in [2.75, 3.05) is 19.6 Å². The summed E-state index contributed by atoms with van der Waals surface area (Å²) >= 11 is 0. The minimum Gasteiger partial charge on any atom is -0.508 e. The number of benzene rings is 1. The maximum absolute atomic E-state index is 13.4. The summed E-state index contributed by atoms with van der Waals surface area (Å²) in [6, 6.07) is 9.88. The van der Waals surface area contributed by atoms with E-state index in [0.29, 0.717) is 24.2 Å². The Balaban J connectivity index is 1.48. The van der Waals surface area contributed by atoms with Gasteiger partial charge in [-0.25, -0.2) is 0 Å². The van der Waals surface area contributed by atoms with Gasteiger partial charge in [-0.15, -0.1) is 0 Å². The van der Waals surface area contributed by atoms with Crippen LogP contribution in [0.3, 0.4) is 0 Å². The lowest BCUT2D eigenvalue weighted by atomic mass is 9.75. The lowest BCUT2D eigenvalue weighted by Crippen LogP contribution is -2.60. The standard InChI is InChI=1S/C22H27N3O3/c1-2-4-17-12-19(23-28-17)22(27)25-13-18(15-5-3-6-16(26)11-15)21-20(25)14-7-9-24(21)10-8-14/h3,5-6,11-12,14,18,20-21,26H,2,4,7-10,13H2,1H3/t18-,20+,21+/m1/s1. The highest BCUT2D eigenvalue weighted by molar-refractivity contribution is 5.93. The number of rotatable bonds is 4. The molecule has 0 spiro atoms. The van der Waals surface area contributed by atoms with E-state index in [2.05, 4.69) is 23.0 Å². The first-order chi connectivity index (χ1) is 13.7. The predicted octanol–water partition coefficient (Wildman–Crippen LogP) is 3.04. The molecule has 6 nitrogen and oxygen atoms in total. The number of hydrogen-bond donors (Lipinski definition) is 1. The second-order valence-electron chi connectivity index (χ2n) is 8.44. The number of amides is 1. The van der Waals surface area contributed by atoms with Crippen molar-refractivity contribution in [2.24, 2.45) is 5.92 Å². The lowest BCUT2D eigenvalue weighted by molar-refractivity contribution is -0.00370. The molecule has 28 heavy (non-hydrogen) atoms. The molecule has 6 heteroatoms. The number of aromatic hydroxyl groups is 1. The third kappa shape index (κ3) is 2.82. The van der Waals surface area contributed by atoms with E-state index in [1.807, 2.05) is 23.1 Å². The molecule has 0 unspecified atom stereocenters. The predicted molar refractivity (Wildman–Crippen MR) is 104 cm³/mol. The van der Waals surface area contributed by atoms with E-state index in [0.717, 1.165) is 50.1 Å². The number of piperidine rings is 3. The van der Waals surface area contributed by atoms with Crippen LogP contribution >= 0.6 is 0 Å². The summed E-state index contributed by atoms with van der Waals surface area (Å²) < 4.78 is 5.37. The number of likely N-dealkylation sites (tertiary alicyclic amines) is 1. The summed E-state index contributed by atoms with van der Waals surface area (Å²) in [5.41, 5.74) is 1.54. The molecule has 1 amide bonds. The number of fused-ring (bicyclic) bond motifs is 2. The van der Waals surface area contributed by atoms with Crippen molar-refractivity contribution in [1.29, 1.82) is 0 Å². The first-order valence-corrected chi connectivity index (χ1v) is 10.4. The monoisotopic (exact) mass is 381 g/mol. The Bertz CT molecular complexity index is 871. The van der Waals surface area contributed by atoms with Crippen LogP contribution in [0.15, 0.2) is 34.9 Å². The second-order valence-corrected chi connectivity index (χ2v) is 8.44. The van der Waals surface area contributed by atoms with Crippen molar-refractivity contribution in [2.45, 2.75) is 50.6 Å². The molecule has 0 saturated carbocycles. The number of phenols is 1. The van der Waals surface area contributed by atoms with Crippen LogP contribution < -0.4 is 0 Å². The first-order valence-electron chi connectivity index (χ1n) is 10.4. The molecule has 0 radical (unpaired) electrons. The Kier molecular flexibility index (Phi) is 4.38. The number of carbonyl (C=O) groups excluding carboxylic acids is 1. The van der Waals surface area contributed by atoms with Crippen LogP contribution in [-0.2, 0) is 6.42 Å². The number of aromatic nitrogens is 1. The number of carbonyl (C=O) groups is 1. The number of hydrogen-bond acceptors (Lipinski definition) is 5. The van der Waals surface area contributed by atoms with Crippen molar-refractivity contribution < 1.29 is 14.4 Å². The van der Waals surface area contributed by atoms with E-state index in [9.17, 15) is 9.90 Å². The van der Waals surface area contributed by atoms with Gasteiger partial charge in [-0.2, -0.15) is 0 Å². The lowest BCUT2D eigenvalue weighted by Gasteiger charge is -2.51. The number of phenolic OH excluding ortho intramolecular Hbond substituents is 1.